The van der Waals surface area contributed by atoms with Crippen LogP contribution in [0.2, 0.25) is 0 Å². The molecule has 182 valence electrons. The van der Waals surface area contributed by atoms with Crippen molar-refractivity contribution in [3.05, 3.63) is 71.8 Å². The average Bonchev–Trinajstić information content (AvgIpc) is 3.46. The van der Waals surface area contributed by atoms with E-state index < -0.39 is 18.0 Å². The van der Waals surface area contributed by atoms with Crippen molar-refractivity contribution in [3.63, 3.8) is 0 Å². The summed E-state index contributed by atoms with van der Waals surface area (Å²) in [6, 6.07) is 16.1. The third-order valence-electron chi connectivity index (χ3n) is 7.47. The maximum atomic E-state index is 12.7. The molecular formula is C28H30N2O5. The van der Waals surface area contributed by atoms with Gasteiger partial charge >= 0.3 is 12.1 Å². The molecule has 5 rings (SSSR count). The van der Waals surface area contributed by atoms with E-state index in [4.69, 9.17) is 4.74 Å². The summed E-state index contributed by atoms with van der Waals surface area (Å²) in [5.41, 5.74) is 4.70. The van der Waals surface area contributed by atoms with Crippen LogP contribution in [0.25, 0.3) is 11.1 Å². The summed E-state index contributed by atoms with van der Waals surface area (Å²) in [5.74, 6) is -1.57. The highest BCUT2D eigenvalue weighted by molar-refractivity contribution is 5.80. The summed E-state index contributed by atoms with van der Waals surface area (Å²) in [6.07, 6.45) is 6.08. The Hall–Kier alpha value is -3.61. The predicted octanol–water partition coefficient (Wildman–Crippen LogP) is 4.23. The van der Waals surface area contributed by atoms with E-state index in [9.17, 15) is 19.5 Å². The van der Waals surface area contributed by atoms with Gasteiger partial charge in [-0.3, -0.25) is 9.59 Å². The number of hydrogen-bond acceptors (Lipinski definition) is 4. The van der Waals surface area contributed by atoms with Crippen molar-refractivity contribution in [2.45, 2.75) is 50.1 Å². The van der Waals surface area contributed by atoms with Crippen molar-refractivity contribution in [2.75, 3.05) is 6.61 Å². The third-order valence-corrected chi connectivity index (χ3v) is 7.47. The molecule has 0 aromatic heterocycles. The van der Waals surface area contributed by atoms with Crippen LogP contribution in [0.3, 0.4) is 0 Å². The summed E-state index contributed by atoms with van der Waals surface area (Å²) in [6.45, 7) is 0.259. The number of carboxylic acid groups (broad SMARTS) is 1. The maximum absolute atomic E-state index is 12.7. The number of carboxylic acids is 1. The average molecular weight is 475 g/mol. The minimum Gasteiger partial charge on any atom is -0.481 e. The molecule has 3 aliphatic rings. The molecule has 7 nitrogen and oxygen atoms in total. The van der Waals surface area contributed by atoms with E-state index in [0.29, 0.717) is 32.1 Å². The van der Waals surface area contributed by atoms with Crippen molar-refractivity contribution in [3.8, 4) is 11.1 Å². The van der Waals surface area contributed by atoms with Gasteiger partial charge in [0.25, 0.3) is 0 Å². The predicted molar refractivity (Wildman–Crippen MR) is 131 cm³/mol. The molecule has 2 amide bonds. The van der Waals surface area contributed by atoms with Crippen molar-refractivity contribution in [1.29, 1.82) is 0 Å². The number of alkyl carbamates (subject to hydrolysis) is 1. The largest absolute Gasteiger partial charge is 0.481 e. The zero-order chi connectivity index (χ0) is 24.4. The van der Waals surface area contributed by atoms with E-state index in [1.165, 1.54) is 22.3 Å². The molecule has 2 aromatic carbocycles. The van der Waals surface area contributed by atoms with Crippen molar-refractivity contribution in [1.82, 2.24) is 10.6 Å². The van der Waals surface area contributed by atoms with Gasteiger partial charge in [-0.25, -0.2) is 4.79 Å². The first-order chi connectivity index (χ1) is 17.0. The third kappa shape index (κ3) is 4.94. The highest BCUT2D eigenvalue weighted by atomic mass is 16.5. The number of carbonyl (C=O) groups is 3. The number of amides is 2. The van der Waals surface area contributed by atoms with Crippen molar-refractivity contribution in [2.24, 2.45) is 11.8 Å². The van der Waals surface area contributed by atoms with Gasteiger partial charge in [0.1, 0.15) is 6.61 Å². The first-order valence-electron chi connectivity index (χ1n) is 12.3. The first-order valence-corrected chi connectivity index (χ1v) is 12.3. The molecule has 4 unspecified atom stereocenters. The molecule has 7 heteroatoms. The number of allylic oxidation sites excluding steroid dienone is 1. The Kier molecular flexibility index (Phi) is 6.57. The molecule has 4 atom stereocenters. The Morgan fingerprint density at radius 2 is 1.57 bits per heavy atom. The summed E-state index contributed by atoms with van der Waals surface area (Å²) in [7, 11) is 0. The van der Waals surface area contributed by atoms with E-state index >= 15 is 0 Å². The topological polar surface area (TPSA) is 105 Å². The number of fused-ring (bicyclic) bond motifs is 3. The molecule has 0 bridgehead atoms. The summed E-state index contributed by atoms with van der Waals surface area (Å²) in [4.78, 5) is 36.5. The molecule has 1 fully saturated rings. The fourth-order valence-electron chi connectivity index (χ4n) is 5.66. The van der Waals surface area contributed by atoms with Crippen molar-refractivity contribution >= 4 is 18.0 Å². The lowest BCUT2D eigenvalue weighted by Gasteiger charge is -2.24. The first kappa shape index (κ1) is 23.1. The van der Waals surface area contributed by atoms with Crippen LogP contribution in [0.5, 0.6) is 0 Å². The van der Waals surface area contributed by atoms with Gasteiger partial charge in [0, 0.05) is 23.9 Å². The standard InChI is InChI=1S/C28H30N2O5/c31-26(29-19-7-5-6-18(15-19)27(32)33)17-12-13-20(14-17)30-28(34)35-16-25-23-10-3-1-8-21(23)22-9-2-4-11-24(22)25/h1-5,7-11,17-20,25H,6,12-16H2,(H,29,31)(H,30,34)(H,32,33). The second-order valence-electron chi connectivity index (χ2n) is 9.73. The minimum absolute atomic E-state index is 0.00781. The number of rotatable bonds is 6. The van der Waals surface area contributed by atoms with Crippen LogP contribution in [0.4, 0.5) is 4.79 Å². The van der Waals surface area contributed by atoms with E-state index in [1.807, 2.05) is 36.4 Å². The number of carbonyl (C=O) groups excluding carboxylic acids is 2. The molecule has 0 heterocycles. The van der Waals surface area contributed by atoms with Gasteiger partial charge in [0.2, 0.25) is 5.91 Å². The monoisotopic (exact) mass is 474 g/mol. The molecule has 0 spiro atoms. The number of nitrogens with one attached hydrogen (secondary N) is 2. The van der Waals surface area contributed by atoms with Crippen LogP contribution in [0.15, 0.2) is 60.7 Å². The Labute approximate surface area is 204 Å². The highest BCUT2D eigenvalue weighted by Gasteiger charge is 2.34. The van der Waals surface area contributed by atoms with Gasteiger partial charge in [0.05, 0.1) is 5.92 Å². The quantitative estimate of drug-likeness (QED) is 0.544. The van der Waals surface area contributed by atoms with Crippen molar-refractivity contribution < 1.29 is 24.2 Å². The molecule has 0 saturated heterocycles. The number of benzene rings is 2. The smallest absolute Gasteiger partial charge is 0.407 e. The van der Waals surface area contributed by atoms with Crippen LogP contribution in [0.1, 0.15) is 49.1 Å². The molecule has 0 radical (unpaired) electrons. The molecule has 1 saturated carbocycles. The molecule has 3 aliphatic carbocycles. The number of aliphatic carboxylic acids is 1. The lowest BCUT2D eigenvalue weighted by atomic mass is 9.91. The zero-order valence-electron chi connectivity index (χ0n) is 19.5. The second kappa shape index (κ2) is 9.94. The number of hydrogen-bond donors (Lipinski definition) is 3. The fraction of sp³-hybridized carbons (Fsp3) is 0.393. The van der Waals surface area contributed by atoms with Crippen LogP contribution >= 0.6 is 0 Å². The van der Waals surface area contributed by atoms with Gasteiger partial charge in [-0.1, -0.05) is 60.7 Å². The van der Waals surface area contributed by atoms with Gasteiger partial charge in [-0.05, 0) is 54.4 Å². The molecule has 35 heavy (non-hydrogen) atoms. The molecule has 0 aliphatic heterocycles. The molecule has 2 aromatic rings. The van der Waals surface area contributed by atoms with Gasteiger partial charge in [-0.15, -0.1) is 0 Å². The summed E-state index contributed by atoms with van der Waals surface area (Å²) in [5, 5.41) is 15.1. The number of ether oxygens (including phenoxy) is 1. The maximum Gasteiger partial charge on any atom is 0.407 e. The van der Waals surface area contributed by atoms with Gasteiger partial charge in [-0.2, -0.15) is 0 Å². The lowest BCUT2D eigenvalue weighted by Crippen LogP contribution is -2.41. The molecular weight excluding hydrogens is 444 g/mol. The van der Waals surface area contributed by atoms with E-state index in [-0.39, 0.29) is 36.4 Å². The Balaban J connectivity index is 1.11. The van der Waals surface area contributed by atoms with Crippen LogP contribution in [-0.4, -0.2) is 41.8 Å². The van der Waals surface area contributed by atoms with Crippen LogP contribution in [-0.2, 0) is 14.3 Å². The summed E-state index contributed by atoms with van der Waals surface area (Å²) < 4.78 is 5.64. The lowest BCUT2D eigenvalue weighted by molar-refractivity contribution is -0.142. The molecule has 3 N–H and O–H groups in total. The Bertz CT molecular complexity index is 1110. The van der Waals surface area contributed by atoms with E-state index in [2.05, 4.69) is 34.9 Å². The van der Waals surface area contributed by atoms with Gasteiger partial charge in [0.15, 0.2) is 0 Å². The highest BCUT2D eigenvalue weighted by Crippen LogP contribution is 2.44. The summed E-state index contributed by atoms with van der Waals surface area (Å²) >= 11 is 0. The SMILES string of the molecule is O=C(NC1CCC(C(=O)NC2C=CCC(C(=O)O)C2)C1)OCC1c2ccccc2-c2ccccc21. The van der Waals surface area contributed by atoms with Crippen LogP contribution in [0, 0.1) is 11.8 Å². The van der Waals surface area contributed by atoms with E-state index in [0.717, 1.165) is 0 Å². The Morgan fingerprint density at radius 1 is 0.886 bits per heavy atom. The fourth-order valence-corrected chi connectivity index (χ4v) is 5.66. The van der Waals surface area contributed by atoms with Gasteiger partial charge < -0.3 is 20.5 Å². The normalized spacial score (nSPS) is 24.9. The van der Waals surface area contributed by atoms with Crippen LogP contribution < -0.4 is 10.6 Å². The second-order valence-corrected chi connectivity index (χ2v) is 9.73. The minimum atomic E-state index is -0.832. The Morgan fingerprint density at radius 3 is 2.26 bits per heavy atom. The zero-order valence-corrected chi connectivity index (χ0v) is 19.5. The van der Waals surface area contributed by atoms with E-state index in [1.54, 1.807) is 0 Å².